The molecule has 142 valence electrons. The maximum atomic E-state index is 13.4. The zero-order valence-electron chi connectivity index (χ0n) is 14.8. The van der Waals surface area contributed by atoms with E-state index in [1.165, 1.54) is 6.20 Å². The van der Waals surface area contributed by atoms with Crippen LogP contribution in [0.3, 0.4) is 0 Å². The Balaban J connectivity index is 1.94. The number of carbonyl (C=O) groups is 2. The zero-order valence-corrected chi connectivity index (χ0v) is 17.7. The summed E-state index contributed by atoms with van der Waals surface area (Å²) in [5.74, 6) is -0.839. The summed E-state index contributed by atoms with van der Waals surface area (Å²) in [5.41, 5.74) is 1.24. The number of nitrogens with zero attached hydrogens (tertiary/aromatic N) is 4. The van der Waals surface area contributed by atoms with Crippen LogP contribution in [-0.4, -0.2) is 26.8 Å². The minimum atomic E-state index is -0.496. The number of hydrogen-bond acceptors (Lipinski definition) is 5. The van der Waals surface area contributed by atoms with Crippen LogP contribution in [0.25, 0.3) is 10.9 Å². The van der Waals surface area contributed by atoms with Gasteiger partial charge in [0.05, 0.1) is 14.5 Å². The van der Waals surface area contributed by atoms with Gasteiger partial charge in [0.2, 0.25) is 5.28 Å². The van der Waals surface area contributed by atoms with E-state index in [9.17, 15) is 9.59 Å². The van der Waals surface area contributed by atoms with E-state index >= 15 is 0 Å². The summed E-state index contributed by atoms with van der Waals surface area (Å²) in [4.78, 5) is 40.4. The van der Waals surface area contributed by atoms with Crippen molar-refractivity contribution in [3.63, 3.8) is 0 Å². The van der Waals surface area contributed by atoms with Gasteiger partial charge in [0.25, 0.3) is 11.8 Å². The molecule has 4 aromatic rings. The Bertz CT molecular complexity index is 1170. The molecule has 0 spiro atoms. The number of aromatic nitrogens is 3. The van der Waals surface area contributed by atoms with E-state index in [4.69, 9.17) is 11.6 Å². The fourth-order valence-electron chi connectivity index (χ4n) is 2.84. The third-order valence-electron chi connectivity index (χ3n) is 4.19. The summed E-state index contributed by atoms with van der Waals surface area (Å²) in [6.45, 7) is 0. The highest BCUT2D eigenvalue weighted by Crippen LogP contribution is 2.29. The minimum Gasteiger partial charge on any atom is -0.268 e. The standard InChI is InChI=1S/C21H12ClIN4O2/c22-21-25-11-15-17(26-21)16(23)12-24-18(15)27(19(28)13-7-3-1-4-8-13)20(29)14-9-5-2-6-10-14/h1-12H. The lowest BCUT2D eigenvalue weighted by atomic mass is 10.1. The lowest BCUT2D eigenvalue weighted by Crippen LogP contribution is -2.38. The van der Waals surface area contributed by atoms with Crippen molar-refractivity contribution in [2.45, 2.75) is 0 Å². The average molecular weight is 515 g/mol. The van der Waals surface area contributed by atoms with E-state index in [-0.39, 0.29) is 11.1 Å². The molecule has 0 N–H and O–H groups in total. The quantitative estimate of drug-likeness (QED) is 0.224. The van der Waals surface area contributed by atoms with E-state index in [0.717, 1.165) is 8.47 Å². The van der Waals surface area contributed by atoms with Gasteiger partial charge in [0, 0.05) is 23.5 Å². The topological polar surface area (TPSA) is 76.1 Å². The fourth-order valence-corrected chi connectivity index (χ4v) is 3.52. The number of anilines is 1. The highest BCUT2D eigenvalue weighted by molar-refractivity contribution is 14.1. The van der Waals surface area contributed by atoms with E-state index < -0.39 is 11.8 Å². The summed E-state index contributed by atoms with van der Waals surface area (Å²) >= 11 is 8.02. The van der Waals surface area contributed by atoms with Gasteiger partial charge < -0.3 is 0 Å². The molecule has 29 heavy (non-hydrogen) atoms. The second-order valence-corrected chi connectivity index (χ2v) is 7.51. The summed E-state index contributed by atoms with van der Waals surface area (Å²) in [5, 5.41) is 0.526. The van der Waals surface area contributed by atoms with Gasteiger partial charge >= 0.3 is 0 Å². The van der Waals surface area contributed by atoms with Crippen LogP contribution in [0.4, 0.5) is 5.82 Å². The van der Waals surface area contributed by atoms with Crippen molar-refractivity contribution in [2.24, 2.45) is 0 Å². The molecule has 0 aliphatic rings. The number of benzene rings is 2. The Labute approximate surface area is 184 Å². The number of hydrogen-bond donors (Lipinski definition) is 0. The normalized spacial score (nSPS) is 10.7. The molecule has 8 heteroatoms. The fraction of sp³-hybridized carbons (Fsp3) is 0. The molecule has 0 fully saturated rings. The lowest BCUT2D eigenvalue weighted by Gasteiger charge is -2.21. The molecule has 0 aliphatic heterocycles. The molecule has 6 nitrogen and oxygen atoms in total. The monoisotopic (exact) mass is 514 g/mol. The van der Waals surface area contributed by atoms with Gasteiger partial charge in [0.1, 0.15) is 0 Å². The van der Waals surface area contributed by atoms with Crippen LogP contribution in [0, 0.1) is 3.57 Å². The highest BCUT2D eigenvalue weighted by atomic mass is 127. The maximum Gasteiger partial charge on any atom is 0.266 e. The van der Waals surface area contributed by atoms with Gasteiger partial charge in [-0.15, -0.1) is 0 Å². The smallest absolute Gasteiger partial charge is 0.266 e. The van der Waals surface area contributed by atoms with Crippen LogP contribution in [-0.2, 0) is 0 Å². The van der Waals surface area contributed by atoms with Crippen molar-refractivity contribution in [1.29, 1.82) is 0 Å². The van der Waals surface area contributed by atoms with Crippen molar-refractivity contribution < 1.29 is 9.59 Å². The van der Waals surface area contributed by atoms with Crippen molar-refractivity contribution in [1.82, 2.24) is 15.0 Å². The first kappa shape index (κ1) is 19.4. The van der Waals surface area contributed by atoms with Gasteiger partial charge in [-0.3, -0.25) is 9.59 Å². The molecule has 0 radical (unpaired) electrons. The van der Waals surface area contributed by atoms with Crippen molar-refractivity contribution in [3.8, 4) is 0 Å². The Hall–Kier alpha value is -2.91. The molecule has 2 heterocycles. The lowest BCUT2D eigenvalue weighted by molar-refractivity contribution is 0.0897. The molecule has 2 aromatic carbocycles. The number of pyridine rings is 1. The molecule has 0 atom stereocenters. The predicted molar refractivity (Wildman–Crippen MR) is 119 cm³/mol. The molecule has 2 amide bonds. The molecular weight excluding hydrogens is 503 g/mol. The number of imide groups is 1. The number of carbonyl (C=O) groups excluding carboxylic acids is 2. The van der Waals surface area contributed by atoms with Gasteiger partial charge in [-0.25, -0.2) is 19.9 Å². The number of halogens is 2. The summed E-state index contributed by atoms with van der Waals surface area (Å²) < 4.78 is 0.727. The number of rotatable bonds is 3. The van der Waals surface area contributed by atoms with E-state index in [2.05, 4.69) is 37.5 Å². The zero-order chi connectivity index (χ0) is 20.4. The number of fused-ring (bicyclic) bond motifs is 1. The summed E-state index contributed by atoms with van der Waals surface area (Å²) in [6, 6.07) is 17.1. The Kier molecular flexibility index (Phi) is 5.50. The first-order valence-electron chi connectivity index (χ1n) is 8.52. The first-order valence-corrected chi connectivity index (χ1v) is 9.97. The summed E-state index contributed by atoms with van der Waals surface area (Å²) in [7, 11) is 0. The molecule has 0 saturated heterocycles. The minimum absolute atomic E-state index is 0.0721. The molecule has 2 aromatic heterocycles. The van der Waals surface area contributed by atoms with Gasteiger partial charge in [-0.1, -0.05) is 36.4 Å². The molecule has 4 rings (SSSR count). The van der Waals surface area contributed by atoms with Gasteiger partial charge in [-0.2, -0.15) is 0 Å². The van der Waals surface area contributed by atoms with Crippen LogP contribution in [0.15, 0.2) is 73.1 Å². The van der Waals surface area contributed by atoms with E-state index in [0.29, 0.717) is 22.0 Å². The van der Waals surface area contributed by atoms with E-state index in [1.807, 2.05) is 0 Å². The third-order valence-corrected chi connectivity index (χ3v) is 5.16. The van der Waals surface area contributed by atoms with Crippen LogP contribution in [0.5, 0.6) is 0 Å². The van der Waals surface area contributed by atoms with Crippen molar-refractivity contribution >= 4 is 62.7 Å². The average Bonchev–Trinajstić information content (AvgIpc) is 2.76. The van der Waals surface area contributed by atoms with Crippen LogP contribution < -0.4 is 4.90 Å². The maximum absolute atomic E-state index is 13.4. The highest BCUT2D eigenvalue weighted by Gasteiger charge is 2.29. The predicted octanol–water partition coefficient (Wildman–Crippen LogP) is 4.77. The molecule has 0 bridgehead atoms. The van der Waals surface area contributed by atoms with Gasteiger partial charge in [0.15, 0.2) is 5.82 Å². The first-order chi connectivity index (χ1) is 14.1. The van der Waals surface area contributed by atoms with Crippen LogP contribution >= 0.6 is 34.2 Å². The summed E-state index contributed by atoms with van der Waals surface area (Å²) in [6.07, 6.45) is 3.02. The SMILES string of the molecule is O=C(c1ccccc1)N(C(=O)c1ccccc1)c1ncc(I)c2nc(Cl)ncc12. The Morgan fingerprint density at radius 3 is 1.93 bits per heavy atom. The third kappa shape index (κ3) is 3.83. The number of amides is 2. The molecule has 0 unspecified atom stereocenters. The molecule has 0 aliphatic carbocycles. The van der Waals surface area contributed by atoms with Crippen molar-refractivity contribution in [2.75, 3.05) is 4.90 Å². The van der Waals surface area contributed by atoms with E-state index in [1.54, 1.807) is 66.9 Å². The van der Waals surface area contributed by atoms with Crippen LogP contribution in [0.1, 0.15) is 20.7 Å². The van der Waals surface area contributed by atoms with Gasteiger partial charge in [-0.05, 0) is 58.5 Å². The largest absolute Gasteiger partial charge is 0.268 e. The molecular formula is C21H12ClIN4O2. The van der Waals surface area contributed by atoms with Crippen molar-refractivity contribution in [3.05, 3.63) is 93.0 Å². The van der Waals surface area contributed by atoms with Crippen LogP contribution in [0.2, 0.25) is 5.28 Å². The second kappa shape index (κ2) is 8.22. The second-order valence-electron chi connectivity index (χ2n) is 6.01. The Morgan fingerprint density at radius 1 is 0.828 bits per heavy atom. The molecule has 0 saturated carbocycles. The Morgan fingerprint density at radius 2 is 1.38 bits per heavy atom.